The molecule has 1 atom stereocenters. The SMILES string of the molecule is CCOc1ccc(/C=C/C(=O)OC(C)C(=O)Nc2cc(Cl)ccc2Cl)cc1. The number of carbonyl (C=O) groups excluding carboxylic acids is 2. The maximum Gasteiger partial charge on any atom is 0.331 e. The van der Waals surface area contributed by atoms with E-state index in [2.05, 4.69) is 5.32 Å². The Bertz CT molecular complexity index is 834. The lowest BCUT2D eigenvalue weighted by molar-refractivity contribution is -0.148. The molecule has 0 bridgehead atoms. The molecule has 27 heavy (non-hydrogen) atoms. The number of nitrogens with one attached hydrogen (secondary N) is 1. The van der Waals surface area contributed by atoms with Crippen molar-refractivity contribution in [3.63, 3.8) is 0 Å². The predicted octanol–water partition coefficient (Wildman–Crippen LogP) is 4.98. The third-order valence-electron chi connectivity index (χ3n) is 3.45. The van der Waals surface area contributed by atoms with Gasteiger partial charge in [-0.3, -0.25) is 4.79 Å². The first-order valence-corrected chi connectivity index (χ1v) is 9.02. The van der Waals surface area contributed by atoms with Gasteiger partial charge in [0.1, 0.15) is 5.75 Å². The quantitative estimate of drug-likeness (QED) is 0.519. The molecule has 0 aliphatic rings. The average Bonchev–Trinajstić information content (AvgIpc) is 2.64. The molecule has 0 saturated heterocycles. The molecule has 2 rings (SSSR count). The van der Waals surface area contributed by atoms with E-state index in [1.807, 2.05) is 19.1 Å². The summed E-state index contributed by atoms with van der Waals surface area (Å²) in [5.74, 6) is -0.395. The van der Waals surface area contributed by atoms with Crippen LogP contribution in [0.5, 0.6) is 5.75 Å². The minimum absolute atomic E-state index is 0.335. The molecule has 5 nitrogen and oxygen atoms in total. The van der Waals surface area contributed by atoms with Crippen molar-refractivity contribution >= 4 is 46.8 Å². The summed E-state index contributed by atoms with van der Waals surface area (Å²) in [5.41, 5.74) is 1.15. The van der Waals surface area contributed by atoms with Gasteiger partial charge < -0.3 is 14.8 Å². The molecule has 0 heterocycles. The highest BCUT2D eigenvalue weighted by Crippen LogP contribution is 2.25. The fraction of sp³-hybridized carbons (Fsp3) is 0.200. The fourth-order valence-corrected chi connectivity index (χ4v) is 2.44. The Morgan fingerprint density at radius 3 is 2.52 bits per heavy atom. The molecule has 1 unspecified atom stereocenters. The van der Waals surface area contributed by atoms with Gasteiger partial charge in [-0.15, -0.1) is 0 Å². The van der Waals surface area contributed by atoms with E-state index < -0.39 is 18.0 Å². The zero-order valence-electron chi connectivity index (χ0n) is 14.9. The highest BCUT2D eigenvalue weighted by Gasteiger charge is 2.17. The van der Waals surface area contributed by atoms with E-state index in [0.29, 0.717) is 22.3 Å². The zero-order valence-corrected chi connectivity index (χ0v) is 16.4. The van der Waals surface area contributed by atoms with Crippen LogP contribution in [-0.2, 0) is 14.3 Å². The number of rotatable bonds is 7. The number of amides is 1. The van der Waals surface area contributed by atoms with Crippen molar-refractivity contribution in [2.24, 2.45) is 0 Å². The van der Waals surface area contributed by atoms with Gasteiger partial charge in [-0.05, 0) is 55.8 Å². The lowest BCUT2D eigenvalue weighted by Crippen LogP contribution is -2.29. The fourth-order valence-electron chi connectivity index (χ4n) is 2.10. The molecule has 0 spiro atoms. The number of halogens is 2. The van der Waals surface area contributed by atoms with Crippen LogP contribution in [0, 0.1) is 0 Å². The Hall–Kier alpha value is -2.50. The minimum atomic E-state index is -1.00. The number of hydrogen-bond acceptors (Lipinski definition) is 4. The van der Waals surface area contributed by atoms with Crippen LogP contribution in [0.1, 0.15) is 19.4 Å². The second-order valence-electron chi connectivity index (χ2n) is 5.53. The van der Waals surface area contributed by atoms with Crippen LogP contribution >= 0.6 is 23.2 Å². The Morgan fingerprint density at radius 2 is 1.85 bits per heavy atom. The smallest absolute Gasteiger partial charge is 0.331 e. The summed E-state index contributed by atoms with van der Waals surface area (Å²) in [5, 5.41) is 3.34. The van der Waals surface area contributed by atoms with Crippen molar-refractivity contribution in [1.82, 2.24) is 0 Å². The Morgan fingerprint density at radius 1 is 1.15 bits per heavy atom. The topological polar surface area (TPSA) is 64.6 Å². The highest BCUT2D eigenvalue weighted by molar-refractivity contribution is 6.35. The van der Waals surface area contributed by atoms with Crippen LogP contribution in [0.4, 0.5) is 5.69 Å². The van der Waals surface area contributed by atoms with E-state index in [-0.39, 0.29) is 0 Å². The van der Waals surface area contributed by atoms with Gasteiger partial charge in [0, 0.05) is 11.1 Å². The highest BCUT2D eigenvalue weighted by atomic mass is 35.5. The number of ether oxygens (including phenoxy) is 2. The van der Waals surface area contributed by atoms with Crippen molar-refractivity contribution in [2.75, 3.05) is 11.9 Å². The van der Waals surface area contributed by atoms with Gasteiger partial charge in [-0.25, -0.2) is 4.79 Å². The molecule has 0 saturated carbocycles. The zero-order chi connectivity index (χ0) is 19.8. The van der Waals surface area contributed by atoms with E-state index in [1.165, 1.54) is 19.1 Å². The van der Waals surface area contributed by atoms with Crippen LogP contribution in [0.15, 0.2) is 48.5 Å². The van der Waals surface area contributed by atoms with Crippen molar-refractivity contribution in [3.8, 4) is 5.75 Å². The van der Waals surface area contributed by atoms with Crippen LogP contribution < -0.4 is 10.1 Å². The number of benzene rings is 2. The molecule has 2 aromatic rings. The van der Waals surface area contributed by atoms with Crippen LogP contribution in [0.3, 0.4) is 0 Å². The van der Waals surface area contributed by atoms with E-state index in [9.17, 15) is 9.59 Å². The first-order valence-electron chi connectivity index (χ1n) is 8.26. The average molecular weight is 408 g/mol. The number of esters is 1. The lowest BCUT2D eigenvalue weighted by atomic mass is 10.2. The second kappa shape index (κ2) is 10.00. The molecule has 0 fully saturated rings. The van der Waals surface area contributed by atoms with Gasteiger partial charge >= 0.3 is 5.97 Å². The van der Waals surface area contributed by atoms with Gasteiger partial charge in [-0.2, -0.15) is 0 Å². The molecule has 142 valence electrons. The monoisotopic (exact) mass is 407 g/mol. The molecule has 2 aromatic carbocycles. The van der Waals surface area contributed by atoms with Crippen LogP contribution in [0.2, 0.25) is 10.0 Å². The summed E-state index contributed by atoms with van der Waals surface area (Å²) in [6, 6.07) is 11.9. The third kappa shape index (κ3) is 6.62. The normalized spacial score (nSPS) is 11.9. The summed E-state index contributed by atoms with van der Waals surface area (Å²) in [6.45, 7) is 3.96. The molecule has 7 heteroatoms. The van der Waals surface area contributed by atoms with Gasteiger partial charge in [0.15, 0.2) is 6.10 Å². The van der Waals surface area contributed by atoms with Crippen molar-refractivity contribution in [3.05, 3.63) is 64.1 Å². The Balaban J connectivity index is 1.90. The maximum atomic E-state index is 12.2. The van der Waals surface area contributed by atoms with Crippen molar-refractivity contribution in [1.29, 1.82) is 0 Å². The summed E-state index contributed by atoms with van der Waals surface area (Å²) in [6.07, 6.45) is 1.85. The van der Waals surface area contributed by atoms with Gasteiger partial charge in [0.2, 0.25) is 0 Å². The maximum absolute atomic E-state index is 12.2. The first-order chi connectivity index (χ1) is 12.9. The third-order valence-corrected chi connectivity index (χ3v) is 4.02. The minimum Gasteiger partial charge on any atom is -0.494 e. The standard InChI is InChI=1S/C20H19Cl2NO4/c1-3-26-16-8-4-14(5-9-16)6-11-19(24)27-13(2)20(25)23-18-12-15(21)7-10-17(18)22/h4-13H,3H2,1-2H3,(H,23,25)/b11-6+. The molecule has 1 N–H and O–H groups in total. The summed E-state index contributed by atoms with van der Waals surface area (Å²) in [4.78, 5) is 24.1. The van der Waals surface area contributed by atoms with Gasteiger partial charge in [-0.1, -0.05) is 35.3 Å². The summed E-state index contributed by atoms with van der Waals surface area (Å²) < 4.78 is 10.5. The van der Waals surface area contributed by atoms with E-state index >= 15 is 0 Å². The number of anilines is 1. The summed E-state index contributed by atoms with van der Waals surface area (Å²) >= 11 is 11.9. The van der Waals surface area contributed by atoms with E-state index in [1.54, 1.807) is 30.3 Å². The largest absolute Gasteiger partial charge is 0.494 e. The first kappa shape index (κ1) is 20.8. The van der Waals surface area contributed by atoms with E-state index in [0.717, 1.165) is 11.3 Å². The van der Waals surface area contributed by atoms with Crippen LogP contribution in [0.25, 0.3) is 6.08 Å². The van der Waals surface area contributed by atoms with Gasteiger partial charge in [0.25, 0.3) is 5.91 Å². The summed E-state index contributed by atoms with van der Waals surface area (Å²) in [7, 11) is 0. The molecule has 0 radical (unpaired) electrons. The van der Waals surface area contributed by atoms with Crippen molar-refractivity contribution in [2.45, 2.75) is 20.0 Å². The van der Waals surface area contributed by atoms with Gasteiger partial charge in [0.05, 0.1) is 17.3 Å². The molecular formula is C20H19Cl2NO4. The van der Waals surface area contributed by atoms with Crippen LogP contribution in [-0.4, -0.2) is 24.6 Å². The second-order valence-corrected chi connectivity index (χ2v) is 6.37. The molecule has 1 amide bonds. The molecule has 0 aromatic heterocycles. The number of hydrogen-bond donors (Lipinski definition) is 1. The predicted molar refractivity (Wildman–Crippen MR) is 107 cm³/mol. The number of carbonyl (C=O) groups is 2. The molecule has 0 aliphatic heterocycles. The van der Waals surface area contributed by atoms with Crippen molar-refractivity contribution < 1.29 is 19.1 Å². The lowest BCUT2D eigenvalue weighted by Gasteiger charge is -2.13. The Labute approximate surface area is 167 Å². The molecular weight excluding hydrogens is 389 g/mol. The molecule has 0 aliphatic carbocycles. The van der Waals surface area contributed by atoms with E-state index in [4.69, 9.17) is 32.7 Å². The Kier molecular flexibility index (Phi) is 7.70.